The molecule has 2 aromatic rings. The Labute approximate surface area is 172 Å². The number of halogens is 1. The van der Waals surface area contributed by atoms with E-state index >= 15 is 0 Å². The van der Waals surface area contributed by atoms with Gasteiger partial charge in [-0.2, -0.15) is 0 Å². The maximum Gasteiger partial charge on any atom is 0.269 e. The van der Waals surface area contributed by atoms with Crippen LogP contribution < -0.4 is 20.1 Å². The van der Waals surface area contributed by atoms with Crippen molar-refractivity contribution in [3.05, 3.63) is 62.1 Å². The Morgan fingerprint density at radius 2 is 1.82 bits per heavy atom. The summed E-state index contributed by atoms with van der Waals surface area (Å²) >= 11 is 3.56. The van der Waals surface area contributed by atoms with Crippen molar-refractivity contribution in [3.63, 3.8) is 0 Å². The monoisotopic (exact) mass is 453 g/mol. The number of ether oxygens (including phenoxy) is 2. The molecule has 3 N–H and O–H groups in total. The third-order valence-electron chi connectivity index (χ3n) is 3.99. The van der Waals surface area contributed by atoms with E-state index in [4.69, 9.17) is 14.6 Å². The number of non-ortho nitro benzene ring substituents is 1. The van der Waals surface area contributed by atoms with Gasteiger partial charge in [0.1, 0.15) is 6.61 Å². The van der Waals surface area contributed by atoms with E-state index in [0.29, 0.717) is 24.6 Å². The fourth-order valence-electron chi connectivity index (χ4n) is 2.53. The van der Waals surface area contributed by atoms with Crippen molar-refractivity contribution < 1.29 is 19.5 Å². The molecule has 0 spiro atoms. The Morgan fingerprint density at radius 1 is 1.11 bits per heavy atom. The normalized spacial score (nSPS) is 10.7. The molecule has 0 amide bonds. The maximum absolute atomic E-state index is 10.8. The number of nitrogens with one attached hydrogen (secondary N) is 2. The molecule has 0 unspecified atom stereocenters. The third-order valence-corrected chi connectivity index (χ3v) is 4.73. The van der Waals surface area contributed by atoms with E-state index in [-0.39, 0.29) is 18.9 Å². The van der Waals surface area contributed by atoms with Crippen LogP contribution in [0.15, 0.2) is 40.9 Å². The van der Waals surface area contributed by atoms with Gasteiger partial charge in [0, 0.05) is 48.3 Å². The molecule has 0 aliphatic heterocycles. The first-order valence-corrected chi connectivity index (χ1v) is 9.60. The van der Waals surface area contributed by atoms with Crippen LogP contribution >= 0.6 is 15.9 Å². The number of hydrogen-bond acceptors (Lipinski definition) is 7. The summed E-state index contributed by atoms with van der Waals surface area (Å²) in [6.07, 6.45) is 0. The highest BCUT2D eigenvalue weighted by Gasteiger charge is 2.15. The van der Waals surface area contributed by atoms with Gasteiger partial charge in [-0.1, -0.05) is 15.9 Å². The van der Waals surface area contributed by atoms with Crippen LogP contribution in [0.5, 0.6) is 11.5 Å². The van der Waals surface area contributed by atoms with Gasteiger partial charge in [0.05, 0.1) is 18.6 Å². The lowest BCUT2D eigenvalue weighted by Gasteiger charge is -2.17. The van der Waals surface area contributed by atoms with Crippen LogP contribution in [0.3, 0.4) is 0 Å². The number of nitro groups is 1. The number of rotatable bonds is 12. The van der Waals surface area contributed by atoms with Gasteiger partial charge in [0.25, 0.3) is 5.69 Å². The molecule has 0 saturated carbocycles. The minimum atomic E-state index is -0.429. The average Bonchev–Trinajstić information content (AvgIpc) is 2.70. The summed E-state index contributed by atoms with van der Waals surface area (Å²) < 4.78 is 12.3. The Kier molecular flexibility index (Phi) is 9.15. The molecule has 0 radical (unpaired) electrons. The molecule has 2 rings (SSSR count). The van der Waals surface area contributed by atoms with Gasteiger partial charge in [0.15, 0.2) is 11.5 Å². The van der Waals surface area contributed by atoms with Gasteiger partial charge in [-0.15, -0.1) is 0 Å². The lowest BCUT2D eigenvalue weighted by atomic mass is 10.1. The molecule has 28 heavy (non-hydrogen) atoms. The largest absolute Gasteiger partial charge is 0.493 e. The number of aliphatic hydroxyl groups excluding tert-OH is 1. The van der Waals surface area contributed by atoms with Gasteiger partial charge in [0.2, 0.25) is 0 Å². The number of methoxy groups -OCH3 is 1. The summed E-state index contributed by atoms with van der Waals surface area (Å²) in [5, 5.41) is 26.0. The van der Waals surface area contributed by atoms with E-state index < -0.39 is 4.92 Å². The number of nitro benzene ring substituents is 1. The van der Waals surface area contributed by atoms with Crippen molar-refractivity contribution in [1.82, 2.24) is 10.6 Å². The zero-order valence-corrected chi connectivity index (χ0v) is 17.2. The van der Waals surface area contributed by atoms with Gasteiger partial charge in [-0.3, -0.25) is 10.1 Å². The first kappa shape index (κ1) is 22.1. The molecule has 9 heteroatoms. The molecule has 0 heterocycles. The number of aliphatic hydroxyl groups is 1. The second-order valence-corrected chi connectivity index (χ2v) is 6.77. The minimum absolute atomic E-state index is 0.0449. The topological polar surface area (TPSA) is 106 Å². The Morgan fingerprint density at radius 3 is 2.46 bits per heavy atom. The summed E-state index contributed by atoms with van der Waals surface area (Å²) in [5.41, 5.74) is 1.78. The maximum atomic E-state index is 10.8. The van der Waals surface area contributed by atoms with E-state index in [2.05, 4.69) is 26.6 Å². The van der Waals surface area contributed by atoms with Crippen molar-refractivity contribution in [2.45, 2.75) is 13.2 Å². The predicted octanol–water partition coefficient (Wildman–Crippen LogP) is 2.62. The summed E-state index contributed by atoms with van der Waals surface area (Å²) in [7, 11) is 1.58. The molecule has 0 saturated heterocycles. The first-order valence-electron chi connectivity index (χ1n) is 8.80. The molecule has 152 valence electrons. The molecular formula is C19H24BrN3O5. The fraction of sp³-hybridized carbons (Fsp3) is 0.368. The highest BCUT2D eigenvalue weighted by Crippen LogP contribution is 2.36. The van der Waals surface area contributed by atoms with Crippen molar-refractivity contribution in [2.24, 2.45) is 0 Å². The van der Waals surface area contributed by atoms with E-state index in [9.17, 15) is 10.1 Å². The lowest BCUT2D eigenvalue weighted by molar-refractivity contribution is -0.384. The van der Waals surface area contributed by atoms with E-state index in [1.807, 2.05) is 12.1 Å². The Balaban J connectivity index is 2.06. The zero-order chi connectivity index (χ0) is 20.4. The van der Waals surface area contributed by atoms with Crippen molar-refractivity contribution >= 4 is 21.6 Å². The molecule has 8 nitrogen and oxygen atoms in total. The van der Waals surface area contributed by atoms with Gasteiger partial charge >= 0.3 is 0 Å². The second kappa shape index (κ2) is 11.6. The van der Waals surface area contributed by atoms with Gasteiger partial charge in [-0.05, 0) is 29.8 Å². The fourth-order valence-corrected chi connectivity index (χ4v) is 2.98. The van der Waals surface area contributed by atoms with Crippen LogP contribution in [0.4, 0.5) is 5.69 Å². The summed E-state index contributed by atoms with van der Waals surface area (Å²) in [6.45, 7) is 2.97. The second-order valence-electron chi connectivity index (χ2n) is 5.92. The van der Waals surface area contributed by atoms with E-state index in [0.717, 1.165) is 28.7 Å². The molecule has 0 aliphatic carbocycles. The van der Waals surface area contributed by atoms with Gasteiger partial charge in [-0.25, -0.2) is 0 Å². The summed E-state index contributed by atoms with van der Waals surface area (Å²) in [4.78, 5) is 10.3. The zero-order valence-electron chi connectivity index (χ0n) is 15.6. The van der Waals surface area contributed by atoms with Crippen molar-refractivity contribution in [3.8, 4) is 11.5 Å². The van der Waals surface area contributed by atoms with Crippen LogP contribution in [-0.2, 0) is 13.2 Å². The summed E-state index contributed by atoms with van der Waals surface area (Å²) in [6, 6.07) is 9.98. The van der Waals surface area contributed by atoms with Gasteiger partial charge < -0.3 is 25.2 Å². The summed E-state index contributed by atoms with van der Waals surface area (Å²) in [5.74, 6) is 1.23. The quantitative estimate of drug-likeness (QED) is 0.257. The molecule has 2 aromatic carbocycles. The molecule has 0 aliphatic rings. The molecule has 0 bridgehead atoms. The van der Waals surface area contributed by atoms with Crippen LogP contribution in [0.25, 0.3) is 0 Å². The van der Waals surface area contributed by atoms with E-state index in [1.165, 1.54) is 12.1 Å². The van der Waals surface area contributed by atoms with Crippen molar-refractivity contribution in [1.29, 1.82) is 0 Å². The standard InChI is InChI=1S/C19H24BrN3O5/c1-27-18-7-6-17(20)16(12-22-9-8-21-10-11-24)19(18)28-13-14-2-4-15(5-3-14)23(25)26/h2-7,21-22,24H,8-13H2,1H3. The lowest BCUT2D eigenvalue weighted by Crippen LogP contribution is -2.29. The van der Waals surface area contributed by atoms with Crippen LogP contribution in [0.1, 0.15) is 11.1 Å². The Hall–Kier alpha value is -2.20. The number of hydrogen-bond donors (Lipinski definition) is 3. The number of nitrogens with zero attached hydrogens (tertiary/aromatic N) is 1. The molecule has 0 fully saturated rings. The predicted molar refractivity (Wildman–Crippen MR) is 110 cm³/mol. The van der Waals surface area contributed by atoms with Crippen LogP contribution in [0, 0.1) is 10.1 Å². The molecule has 0 atom stereocenters. The van der Waals surface area contributed by atoms with Crippen molar-refractivity contribution in [2.75, 3.05) is 33.4 Å². The Bertz CT molecular complexity index is 771. The average molecular weight is 454 g/mol. The highest BCUT2D eigenvalue weighted by molar-refractivity contribution is 9.10. The smallest absolute Gasteiger partial charge is 0.269 e. The SMILES string of the molecule is COc1ccc(Br)c(CNCCNCCO)c1OCc1ccc([N+](=O)[O-])cc1. The highest BCUT2D eigenvalue weighted by atomic mass is 79.9. The number of benzene rings is 2. The van der Waals surface area contributed by atoms with E-state index in [1.54, 1.807) is 19.2 Å². The minimum Gasteiger partial charge on any atom is -0.493 e. The molecule has 0 aromatic heterocycles. The first-order chi connectivity index (χ1) is 13.6. The third kappa shape index (κ3) is 6.45. The van der Waals surface area contributed by atoms with Crippen LogP contribution in [0.2, 0.25) is 0 Å². The van der Waals surface area contributed by atoms with Crippen LogP contribution in [-0.4, -0.2) is 43.4 Å². The molecular weight excluding hydrogens is 430 g/mol.